The molecular formula is C35H31FN10. The van der Waals surface area contributed by atoms with Crippen molar-refractivity contribution in [1.82, 2.24) is 40.0 Å². The highest BCUT2D eigenvalue weighted by molar-refractivity contribution is 5.95. The van der Waals surface area contributed by atoms with E-state index >= 15 is 0 Å². The number of hydrogen-bond acceptors (Lipinski definition) is 8. The van der Waals surface area contributed by atoms with Crippen LogP contribution in [-0.2, 0) is 0 Å². The lowest BCUT2D eigenvalue weighted by molar-refractivity contribution is 0.425. The topological polar surface area (TPSA) is 123 Å². The lowest BCUT2D eigenvalue weighted by Crippen LogP contribution is -2.20. The quantitative estimate of drug-likeness (QED) is 0.133. The molecule has 5 heterocycles. The number of anilines is 2. The van der Waals surface area contributed by atoms with E-state index in [1.165, 1.54) is 12.1 Å². The van der Waals surface area contributed by atoms with Crippen molar-refractivity contribution in [3.8, 4) is 34.0 Å². The van der Waals surface area contributed by atoms with E-state index in [9.17, 15) is 4.39 Å². The minimum Gasteiger partial charge on any atom is -0.384 e. The van der Waals surface area contributed by atoms with Crippen molar-refractivity contribution >= 4 is 39.1 Å². The van der Waals surface area contributed by atoms with Gasteiger partial charge < -0.3 is 20.5 Å². The zero-order valence-electron chi connectivity index (χ0n) is 25.3. The smallest absolute Gasteiger partial charge is 0.161 e. The normalized spacial score (nSPS) is 11.4. The van der Waals surface area contributed by atoms with Gasteiger partial charge in [-0.05, 0) is 62.1 Å². The van der Waals surface area contributed by atoms with Crippen LogP contribution in [0.4, 0.5) is 15.8 Å². The van der Waals surface area contributed by atoms with Gasteiger partial charge in [-0.3, -0.25) is 15.1 Å². The van der Waals surface area contributed by atoms with Crippen LogP contribution >= 0.6 is 0 Å². The molecule has 0 unspecified atom stereocenters. The zero-order valence-corrected chi connectivity index (χ0v) is 25.3. The maximum absolute atomic E-state index is 14.7. The second kappa shape index (κ2) is 12.2. The van der Waals surface area contributed by atoms with Crippen LogP contribution < -0.4 is 10.6 Å². The SMILES string of the molecule is C=C(Nc1cncc(-c2ccc3[nH]nc(-c4nc5c(-c6cc(F)cc(NCCN(C)C)c6)nccc5[nH]4)c3n2)c1)c1ccccc1. The Morgan fingerprint density at radius 3 is 2.54 bits per heavy atom. The molecular weight excluding hydrogens is 579 g/mol. The fourth-order valence-corrected chi connectivity index (χ4v) is 5.27. The summed E-state index contributed by atoms with van der Waals surface area (Å²) >= 11 is 0. The summed E-state index contributed by atoms with van der Waals surface area (Å²) in [4.78, 5) is 24.3. The molecule has 0 saturated carbocycles. The molecule has 0 aliphatic heterocycles. The largest absolute Gasteiger partial charge is 0.384 e. The molecule has 0 radical (unpaired) electrons. The number of fused-ring (bicyclic) bond motifs is 2. The molecule has 0 saturated heterocycles. The molecule has 11 heteroatoms. The summed E-state index contributed by atoms with van der Waals surface area (Å²) < 4.78 is 14.7. The summed E-state index contributed by atoms with van der Waals surface area (Å²) in [7, 11) is 3.99. The fourth-order valence-electron chi connectivity index (χ4n) is 5.27. The van der Waals surface area contributed by atoms with Crippen LogP contribution in [-0.4, -0.2) is 67.2 Å². The Morgan fingerprint density at radius 2 is 1.70 bits per heavy atom. The van der Waals surface area contributed by atoms with E-state index in [2.05, 4.69) is 47.3 Å². The zero-order chi connectivity index (χ0) is 31.6. The van der Waals surface area contributed by atoms with E-state index in [1.807, 2.05) is 74.8 Å². The van der Waals surface area contributed by atoms with Crippen LogP contribution in [0.15, 0.2) is 98.0 Å². The molecule has 0 amide bonds. The predicted molar refractivity (Wildman–Crippen MR) is 182 cm³/mol. The van der Waals surface area contributed by atoms with Crippen LogP contribution in [0.5, 0.6) is 0 Å². The second-order valence-electron chi connectivity index (χ2n) is 11.2. The van der Waals surface area contributed by atoms with Crippen molar-refractivity contribution in [2.45, 2.75) is 0 Å². The highest BCUT2D eigenvalue weighted by Gasteiger charge is 2.18. The van der Waals surface area contributed by atoms with Gasteiger partial charge in [-0.15, -0.1) is 0 Å². The third-order valence-electron chi connectivity index (χ3n) is 7.54. The lowest BCUT2D eigenvalue weighted by Gasteiger charge is -2.12. The Morgan fingerprint density at radius 1 is 0.870 bits per heavy atom. The van der Waals surface area contributed by atoms with Crippen molar-refractivity contribution in [3.63, 3.8) is 0 Å². The second-order valence-corrected chi connectivity index (χ2v) is 11.2. The average molecular weight is 611 g/mol. The minimum atomic E-state index is -0.354. The third-order valence-corrected chi connectivity index (χ3v) is 7.54. The number of hydrogen-bond donors (Lipinski definition) is 4. The highest BCUT2D eigenvalue weighted by atomic mass is 19.1. The first-order chi connectivity index (χ1) is 22.4. The van der Waals surface area contributed by atoms with Gasteiger partial charge >= 0.3 is 0 Å². The van der Waals surface area contributed by atoms with Crippen molar-refractivity contribution < 1.29 is 4.39 Å². The highest BCUT2D eigenvalue weighted by Crippen LogP contribution is 2.32. The molecule has 10 nitrogen and oxygen atoms in total. The van der Waals surface area contributed by atoms with Gasteiger partial charge in [0.05, 0.1) is 34.3 Å². The van der Waals surface area contributed by atoms with E-state index < -0.39 is 0 Å². The minimum absolute atomic E-state index is 0.354. The Labute approximate surface area is 264 Å². The number of nitrogens with one attached hydrogen (secondary N) is 4. The molecule has 0 fully saturated rings. The number of imidazole rings is 1. The van der Waals surface area contributed by atoms with Crippen LogP contribution in [0.25, 0.3) is 61.8 Å². The molecule has 0 aliphatic rings. The van der Waals surface area contributed by atoms with Crippen molar-refractivity contribution in [3.05, 3.63) is 109 Å². The van der Waals surface area contributed by atoms with Gasteiger partial charge in [-0.2, -0.15) is 5.10 Å². The van der Waals surface area contributed by atoms with Gasteiger partial charge in [0.25, 0.3) is 0 Å². The number of nitrogens with zero attached hydrogens (tertiary/aromatic N) is 6. The number of benzene rings is 2. The van der Waals surface area contributed by atoms with Gasteiger partial charge in [0, 0.05) is 48.0 Å². The molecule has 7 rings (SSSR count). The fraction of sp³-hybridized carbons (Fsp3) is 0.114. The summed E-state index contributed by atoms with van der Waals surface area (Å²) in [6.45, 7) is 5.67. The van der Waals surface area contributed by atoms with Gasteiger partial charge in [-0.25, -0.2) is 14.4 Å². The molecule has 228 valence electrons. The summed E-state index contributed by atoms with van der Waals surface area (Å²) in [6.07, 6.45) is 5.20. The standard InChI is InChI=1S/C35H31FN10/c1-21(22-7-5-4-6-8-22)40-27-17-24(19-37-20-27)28-9-10-30-33(41-28)34(45-44-30)35-42-29-11-12-39-31(32(29)43-35)23-15-25(36)18-26(16-23)38-13-14-46(2)3/h4-12,15-20,38,40H,1,13-14H2,2-3H3,(H,42,43)(H,44,45). The maximum Gasteiger partial charge on any atom is 0.161 e. The van der Waals surface area contributed by atoms with E-state index in [0.717, 1.165) is 45.8 Å². The van der Waals surface area contributed by atoms with Crippen LogP contribution in [0.1, 0.15) is 5.56 Å². The number of H-pyrrole nitrogens is 2. The molecule has 0 spiro atoms. The van der Waals surface area contributed by atoms with Crippen molar-refractivity contribution in [2.24, 2.45) is 0 Å². The molecule has 0 aliphatic carbocycles. The van der Waals surface area contributed by atoms with E-state index in [1.54, 1.807) is 18.6 Å². The first-order valence-electron chi connectivity index (χ1n) is 14.8. The van der Waals surface area contributed by atoms with Gasteiger partial charge in [-0.1, -0.05) is 36.9 Å². The Hall–Kier alpha value is -5.94. The van der Waals surface area contributed by atoms with Crippen LogP contribution in [0.2, 0.25) is 0 Å². The number of likely N-dealkylation sites (N-methyl/N-ethyl adjacent to an activating group) is 1. The van der Waals surface area contributed by atoms with E-state index in [-0.39, 0.29) is 5.82 Å². The first-order valence-corrected chi connectivity index (χ1v) is 14.8. The summed E-state index contributed by atoms with van der Waals surface area (Å²) in [5, 5.41) is 14.2. The summed E-state index contributed by atoms with van der Waals surface area (Å²) in [5.74, 6) is 0.168. The monoisotopic (exact) mass is 610 g/mol. The van der Waals surface area contributed by atoms with Crippen LogP contribution in [0.3, 0.4) is 0 Å². The molecule has 5 aromatic heterocycles. The Kier molecular flexibility index (Phi) is 7.65. The maximum atomic E-state index is 14.7. The van der Waals surface area contributed by atoms with Crippen molar-refractivity contribution in [2.75, 3.05) is 37.8 Å². The number of rotatable bonds is 10. The van der Waals surface area contributed by atoms with Gasteiger partial charge in [0.1, 0.15) is 16.9 Å². The molecule has 0 atom stereocenters. The van der Waals surface area contributed by atoms with Gasteiger partial charge in [0.15, 0.2) is 11.5 Å². The average Bonchev–Trinajstić information content (AvgIpc) is 3.69. The first kappa shape index (κ1) is 28.8. The predicted octanol–water partition coefficient (Wildman–Crippen LogP) is 6.82. The number of pyridine rings is 3. The van der Waals surface area contributed by atoms with Crippen molar-refractivity contribution in [1.29, 1.82) is 0 Å². The Balaban J connectivity index is 1.21. The third kappa shape index (κ3) is 5.91. The number of aromatic nitrogens is 7. The Bertz CT molecular complexity index is 2190. The van der Waals surface area contributed by atoms with Gasteiger partial charge in [0.2, 0.25) is 0 Å². The molecule has 46 heavy (non-hydrogen) atoms. The molecule has 7 aromatic rings. The molecule has 4 N–H and O–H groups in total. The molecule has 0 bridgehead atoms. The van der Waals surface area contributed by atoms with E-state index in [4.69, 9.17) is 9.97 Å². The summed E-state index contributed by atoms with van der Waals surface area (Å²) in [6, 6.07) is 22.4. The lowest BCUT2D eigenvalue weighted by atomic mass is 10.1. The number of halogens is 1. The van der Waals surface area contributed by atoms with E-state index in [0.29, 0.717) is 46.0 Å². The summed E-state index contributed by atoms with van der Waals surface area (Å²) in [5.41, 5.74) is 9.32. The number of aromatic amines is 2. The molecule has 2 aromatic carbocycles. The van der Waals surface area contributed by atoms with Crippen LogP contribution in [0, 0.1) is 5.82 Å².